The Morgan fingerprint density at radius 3 is 2.83 bits per heavy atom. The fourth-order valence-electron chi connectivity index (χ4n) is 1.22. The molecule has 1 N–H and O–H groups in total. The van der Waals surface area contributed by atoms with Gasteiger partial charge in [0.1, 0.15) is 0 Å². The summed E-state index contributed by atoms with van der Waals surface area (Å²) in [5.41, 5.74) is 0.839. The molecule has 64 valence electrons. The van der Waals surface area contributed by atoms with Crippen LogP contribution in [0, 0.1) is 0 Å². The smallest absolute Gasteiger partial charge is 0.238 e. The number of aliphatic hydroxyl groups excluding tert-OH is 1. The minimum absolute atomic E-state index is 0.0328. The van der Waals surface area contributed by atoms with Gasteiger partial charge in [0.05, 0.1) is 6.61 Å². The van der Waals surface area contributed by atoms with Crippen LogP contribution < -0.4 is 9.47 Å². The number of benzene rings is 1. The van der Waals surface area contributed by atoms with Crippen molar-refractivity contribution in [3.8, 4) is 11.5 Å². The first kappa shape index (κ1) is 7.43. The van der Waals surface area contributed by atoms with Gasteiger partial charge in [-0.05, 0) is 17.7 Å². The zero-order chi connectivity index (χ0) is 8.55. The highest BCUT2D eigenvalue weighted by molar-refractivity contribution is 5.44. The Morgan fingerprint density at radius 1 is 1.33 bits per heavy atom. The molecule has 0 aliphatic carbocycles. The van der Waals surface area contributed by atoms with Crippen LogP contribution in [0.5, 0.6) is 11.5 Å². The van der Waals surface area contributed by atoms with E-state index in [1.54, 1.807) is 6.07 Å². The molecular formula is C9H10O3. The topological polar surface area (TPSA) is 38.7 Å². The van der Waals surface area contributed by atoms with Crippen molar-refractivity contribution >= 4 is 0 Å². The summed E-state index contributed by atoms with van der Waals surface area (Å²) in [4.78, 5) is 0. The molecule has 0 saturated carbocycles. The van der Waals surface area contributed by atoms with Gasteiger partial charge < -0.3 is 14.6 Å². The van der Waals surface area contributed by atoms with Gasteiger partial charge >= 0.3 is 0 Å². The Morgan fingerprint density at radius 2 is 2.08 bits per heavy atom. The summed E-state index contributed by atoms with van der Waals surface area (Å²) >= 11 is 0. The summed E-state index contributed by atoms with van der Waals surface area (Å²) in [7, 11) is 0. The minimum atomic E-state index is -0.214. The van der Waals surface area contributed by atoms with Crippen molar-refractivity contribution in [2.75, 3.05) is 0 Å². The molecule has 0 radical (unpaired) electrons. The van der Waals surface area contributed by atoms with E-state index in [4.69, 9.17) is 14.6 Å². The third kappa shape index (κ3) is 1.12. The summed E-state index contributed by atoms with van der Waals surface area (Å²) in [6.07, 6.45) is -0.214. The Bertz CT molecular complexity index is 296. The molecule has 0 amide bonds. The number of hydrogen-bond donors (Lipinski definition) is 1. The van der Waals surface area contributed by atoms with Crippen LogP contribution in [0.1, 0.15) is 12.5 Å². The lowest BCUT2D eigenvalue weighted by atomic mass is 10.2. The summed E-state index contributed by atoms with van der Waals surface area (Å²) < 4.78 is 10.6. The number of hydrogen-bond acceptors (Lipinski definition) is 3. The predicted octanol–water partition coefficient (Wildman–Crippen LogP) is 1.30. The van der Waals surface area contributed by atoms with Crippen molar-refractivity contribution in [2.45, 2.75) is 19.8 Å². The Kier molecular flexibility index (Phi) is 1.66. The van der Waals surface area contributed by atoms with E-state index < -0.39 is 0 Å². The molecule has 0 saturated heterocycles. The Hall–Kier alpha value is -1.22. The van der Waals surface area contributed by atoms with Gasteiger partial charge in [0, 0.05) is 6.92 Å². The number of fused-ring (bicyclic) bond motifs is 1. The second kappa shape index (κ2) is 2.68. The van der Waals surface area contributed by atoms with Crippen LogP contribution in [0.4, 0.5) is 0 Å². The van der Waals surface area contributed by atoms with Crippen LogP contribution in [0.3, 0.4) is 0 Å². The molecule has 1 aliphatic heterocycles. The number of rotatable bonds is 1. The molecule has 3 heteroatoms. The zero-order valence-electron chi connectivity index (χ0n) is 6.78. The fourth-order valence-corrected chi connectivity index (χ4v) is 1.22. The van der Waals surface area contributed by atoms with Gasteiger partial charge in [-0.3, -0.25) is 0 Å². The van der Waals surface area contributed by atoms with Crippen LogP contribution in [-0.4, -0.2) is 11.4 Å². The molecule has 1 aromatic rings. The van der Waals surface area contributed by atoms with Crippen LogP contribution in [-0.2, 0) is 6.61 Å². The minimum Gasteiger partial charge on any atom is -0.451 e. The maximum atomic E-state index is 8.84. The molecule has 0 bridgehead atoms. The van der Waals surface area contributed by atoms with Crippen LogP contribution in [0.25, 0.3) is 0 Å². The highest BCUT2D eigenvalue weighted by atomic mass is 16.7. The molecule has 1 unspecified atom stereocenters. The van der Waals surface area contributed by atoms with E-state index in [2.05, 4.69) is 0 Å². The van der Waals surface area contributed by atoms with Crippen molar-refractivity contribution in [2.24, 2.45) is 0 Å². The van der Waals surface area contributed by atoms with Gasteiger partial charge in [-0.1, -0.05) is 6.07 Å². The van der Waals surface area contributed by atoms with E-state index in [1.165, 1.54) is 0 Å². The van der Waals surface area contributed by atoms with Gasteiger partial charge in [-0.25, -0.2) is 0 Å². The third-order valence-corrected chi connectivity index (χ3v) is 1.78. The largest absolute Gasteiger partial charge is 0.451 e. The first-order chi connectivity index (χ1) is 5.79. The average Bonchev–Trinajstić information content (AvgIpc) is 2.43. The van der Waals surface area contributed by atoms with E-state index in [0.717, 1.165) is 11.3 Å². The van der Waals surface area contributed by atoms with E-state index >= 15 is 0 Å². The molecular weight excluding hydrogens is 156 g/mol. The molecule has 1 aliphatic rings. The second-order valence-corrected chi connectivity index (χ2v) is 2.74. The SMILES string of the molecule is CC1Oc2ccc(CO)cc2O1. The van der Waals surface area contributed by atoms with Crippen molar-refractivity contribution in [3.63, 3.8) is 0 Å². The summed E-state index contributed by atoms with van der Waals surface area (Å²) in [5, 5.41) is 8.84. The van der Waals surface area contributed by atoms with Crippen LogP contribution in [0.15, 0.2) is 18.2 Å². The van der Waals surface area contributed by atoms with Gasteiger partial charge in [-0.2, -0.15) is 0 Å². The van der Waals surface area contributed by atoms with Crippen molar-refractivity contribution in [1.82, 2.24) is 0 Å². The van der Waals surface area contributed by atoms with E-state index in [1.807, 2.05) is 19.1 Å². The molecule has 0 spiro atoms. The molecule has 0 aromatic heterocycles. The van der Waals surface area contributed by atoms with Crippen LogP contribution in [0.2, 0.25) is 0 Å². The second-order valence-electron chi connectivity index (χ2n) is 2.74. The molecule has 1 atom stereocenters. The van der Waals surface area contributed by atoms with Crippen LogP contribution >= 0.6 is 0 Å². The van der Waals surface area contributed by atoms with E-state index in [0.29, 0.717) is 5.75 Å². The molecule has 1 aromatic carbocycles. The predicted molar refractivity (Wildman–Crippen MR) is 43.1 cm³/mol. The molecule has 0 fully saturated rings. The third-order valence-electron chi connectivity index (χ3n) is 1.78. The number of aliphatic hydroxyl groups is 1. The Balaban J connectivity index is 2.35. The van der Waals surface area contributed by atoms with Gasteiger partial charge in [0.25, 0.3) is 0 Å². The maximum absolute atomic E-state index is 8.84. The summed E-state index contributed by atoms with van der Waals surface area (Å²) in [6.45, 7) is 1.86. The average molecular weight is 166 g/mol. The molecule has 2 rings (SSSR count). The standard InChI is InChI=1S/C9H10O3/c1-6-11-8-3-2-7(5-10)4-9(8)12-6/h2-4,6,10H,5H2,1H3. The fraction of sp³-hybridized carbons (Fsp3) is 0.333. The monoisotopic (exact) mass is 166 g/mol. The highest BCUT2D eigenvalue weighted by Gasteiger charge is 2.19. The molecule has 3 nitrogen and oxygen atoms in total. The zero-order valence-corrected chi connectivity index (χ0v) is 6.78. The van der Waals surface area contributed by atoms with Crippen molar-refractivity contribution < 1.29 is 14.6 Å². The lowest BCUT2D eigenvalue weighted by Crippen LogP contribution is -2.11. The maximum Gasteiger partial charge on any atom is 0.238 e. The van der Waals surface area contributed by atoms with Gasteiger partial charge in [0.15, 0.2) is 11.5 Å². The quantitative estimate of drug-likeness (QED) is 0.683. The Labute approximate surface area is 70.5 Å². The van der Waals surface area contributed by atoms with E-state index in [9.17, 15) is 0 Å². The van der Waals surface area contributed by atoms with Gasteiger partial charge in [-0.15, -0.1) is 0 Å². The number of ether oxygens (including phenoxy) is 2. The lowest BCUT2D eigenvalue weighted by molar-refractivity contribution is 0.0678. The van der Waals surface area contributed by atoms with Crippen molar-refractivity contribution in [1.29, 1.82) is 0 Å². The summed E-state index contributed by atoms with van der Waals surface area (Å²) in [5.74, 6) is 1.47. The first-order valence-electron chi connectivity index (χ1n) is 3.86. The molecule has 12 heavy (non-hydrogen) atoms. The summed E-state index contributed by atoms with van der Waals surface area (Å²) in [6, 6.07) is 5.42. The van der Waals surface area contributed by atoms with E-state index in [-0.39, 0.29) is 12.9 Å². The lowest BCUT2D eigenvalue weighted by Gasteiger charge is -1.99. The first-order valence-corrected chi connectivity index (χ1v) is 3.86. The van der Waals surface area contributed by atoms with Crippen molar-refractivity contribution in [3.05, 3.63) is 23.8 Å². The van der Waals surface area contributed by atoms with Gasteiger partial charge in [0.2, 0.25) is 6.29 Å². The normalized spacial score (nSPS) is 19.7. The highest BCUT2D eigenvalue weighted by Crippen LogP contribution is 2.34. The molecule has 1 heterocycles.